The number of carbonyl (C=O) groups excluding carboxylic acids is 1. The summed E-state index contributed by atoms with van der Waals surface area (Å²) in [7, 11) is 0. The Labute approximate surface area is 154 Å². The lowest BCUT2D eigenvalue weighted by Crippen LogP contribution is -2.20. The number of nitriles is 1. The third-order valence-electron chi connectivity index (χ3n) is 5.09. The second-order valence-electron chi connectivity index (χ2n) is 6.87. The lowest BCUT2D eigenvalue weighted by atomic mass is 9.77. The van der Waals surface area contributed by atoms with Crippen LogP contribution in [0.2, 0.25) is 0 Å². The molecule has 0 radical (unpaired) electrons. The van der Waals surface area contributed by atoms with Crippen molar-refractivity contribution in [2.45, 2.75) is 38.0 Å². The molecule has 130 valence electrons. The molecule has 2 aromatic carbocycles. The molecule has 26 heavy (non-hydrogen) atoms. The largest absolute Gasteiger partial charge is 0.326 e. The number of nitrogens with one attached hydrogen (secondary N) is 1. The van der Waals surface area contributed by atoms with Gasteiger partial charge in [0.1, 0.15) is 0 Å². The van der Waals surface area contributed by atoms with Gasteiger partial charge in [-0.2, -0.15) is 5.26 Å². The summed E-state index contributed by atoms with van der Waals surface area (Å²) in [6, 6.07) is 16.9. The Morgan fingerprint density at radius 3 is 2.54 bits per heavy atom. The summed E-state index contributed by atoms with van der Waals surface area (Å²) < 4.78 is 0. The fourth-order valence-corrected chi connectivity index (χ4v) is 3.65. The SMILES string of the molecule is [C-]#[N+]c1cccc(C2CCC(CC(=O)Nc3ccc(C#N)cc3)CC2)c1. The maximum Gasteiger partial charge on any atom is 0.224 e. The van der Waals surface area contributed by atoms with Crippen molar-refractivity contribution < 1.29 is 4.79 Å². The van der Waals surface area contributed by atoms with E-state index in [1.807, 2.05) is 18.2 Å². The van der Waals surface area contributed by atoms with Gasteiger partial charge < -0.3 is 5.32 Å². The molecule has 0 unspecified atom stereocenters. The topological polar surface area (TPSA) is 57.2 Å². The van der Waals surface area contributed by atoms with Crippen LogP contribution in [0.4, 0.5) is 11.4 Å². The molecular weight excluding hydrogens is 322 g/mol. The van der Waals surface area contributed by atoms with Gasteiger partial charge in [-0.25, -0.2) is 4.85 Å². The van der Waals surface area contributed by atoms with Crippen LogP contribution >= 0.6 is 0 Å². The molecule has 0 spiro atoms. The lowest BCUT2D eigenvalue weighted by molar-refractivity contribution is -0.117. The third-order valence-corrected chi connectivity index (χ3v) is 5.09. The first-order chi connectivity index (χ1) is 12.7. The number of nitrogens with zero attached hydrogens (tertiary/aromatic N) is 2. The highest BCUT2D eigenvalue weighted by Crippen LogP contribution is 2.38. The number of anilines is 1. The molecule has 1 N–H and O–H groups in total. The molecule has 1 saturated carbocycles. The average molecular weight is 343 g/mol. The van der Waals surface area contributed by atoms with Crippen LogP contribution in [-0.4, -0.2) is 5.91 Å². The first-order valence-electron chi connectivity index (χ1n) is 8.95. The zero-order valence-corrected chi connectivity index (χ0v) is 14.6. The van der Waals surface area contributed by atoms with E-state index in [0.29, 0.717) is 29.5 Å². The molecule has 1 fully saturated rings. The summed E-state index contributed by atoms with van der Waals surface area (Å²) in [5, 5.41) is 11.7. The minimum Gasteiger partial charge on any atom is -0.326 e. The second kappa shape index (κ2) is 8.32. The molecule has 0 aliphatic heterocycles. The van der Waals surface area contributed by atoms with Crippen molar-refractivity contribution in [2.75, 3.05) is 5.32 Å². The molecule has 1 aliphatic carbocycles. The molecule has 2 aromatic rings. The van der Waals surface area contributed by atoms with E-state index in [1.54, 1.807) is 24.3 Å². The quantitative estimate of drug-likeness (QED) is 0.754. The maximum atomic E-state index is 12.3. The summed E-state index contributed by atoms with van der Waals surface area (Å²) in [6.45, 7) is 7.14. The van der Waals surface area contributed by atoms with Crippen LogP contribution in [0, 0.1) is 23.8 Å². The standard InChI is InChI=1S/C22H21N3O/c1-24-21-4-2-3-19(14-21)18-9-5-16(6-10-18)13-22(26)25-20-11-7-17(15-23)8-12-20/h2-4,7-8,11-12,14,16,18H,5-6,9-10,13H2,(H,25,26). The average Bonchev–Trinajstić information content (AvgIpc) is 2.69. The molecule has 0 bridgehead atoms. The summed E-state index contributed by atoms with van der Waals surface area (Å²) in [5.74, 6) is 0.941. The molecule has 0 atom stereocenters. The van der Waals surface area contributed by atoms with E-state index < -0.39 is 0 Å². The molecule has 0 saturated heterocycles. The summed E-state index contributed by atoms with van der Waals surface area (Å²) >= 11 is 0. The van der Waals surface area contributed by atoms with Crippen molar-refractivity contribution in [2.24, 2.45) is 5.92 Å². The van der Waals surface area contributed by atoms with Crippen LogP contribution in [0.15, 0.2) is 48.5 Å². The van der Waals surface area contributed by atoms with E-state index in [2.05, 4.69) is 22.3 Å². The molecule has 1 aliphatic rings. The first kappa shape index (κ1) is 17.7. The van der Waals surface area contributed by atoms with E-state index in [-0.39, 0.29) is 5.91 Å². The minimum atomic E-state index is 0.0353. The van der Waals surface area contributed by atoms with Gasteiger partial charge >= 0.3 is 0 Å². The highest BCUT2D eigenvalue weighted by Gasteiger charge is 2.24. The number of hydrogen-bond donors (Lipinski definition) is 1. The van der Waals surface area contributed by atoms with E-state index in [0.717, 1.165) is 31.4 Å². The van der Waals surface area contributed by atoms with Gasteiger partial charge in [0.25, 0.3) is 0 Å². The van der Waals surface area contributed by atoms with Gasteiger partial charge in [0.15, 0.2) is 5.69 Å². The van der Waals surface area contributed by atoms with Crippen molar-refractivity contribution in [1.82, 2.24) is 0 Å². The molecule has 4 nitrogen and oxygen atoms in total. The van der Waals surface area contributed by atoms with Crippen molar-refractivity contribution >= 4 is 17.3 Å². The number of amides is 1. The van der Waals surface area contributed by atoms with Crippen molar-refractivity contribution in [1.29, 1.82) is 5.26 Å². The smallest absolute Gasteiger partial charge is 0.224 e. The Balaban J connectivity index is 1.49. The van der Waals surface area contributed by atoms with Gasteiger partial charge in [0, 0.05) is 12.1 Å². The highest BCUT2D eigenvalue weighted by molar-refractivity contribution is 5.90. The number of carbonyl (C=O) groups is 1. The number of hydrogen-bond acceptors (Lipinski definition) is 2. The van der Waals surface area contributed by atoms with Gasteiger partial charge in [-0.15, -0.1) is 0 Å². The summed E-state index contributed by atoms with van der Waals surface area (Å²) in [6.07, 6.45) is 4.74. The van der Waals surface area contributed by atoms with Gasteiger partial charge in [0.2, 0.25) is 5.91 Å². The van der Waals surface area contributed by atoms with Gasteiger partial charge in [-0.1, -0.05) is 29.8 Å². The Kier molecular flexibility index (Phi) is 5.66. The number of benzene rings is 2. The van der Waals surface area contributed by atoms with Crippen molar-refractivity contribution in [3.63, 3.8) is 0 Å². The van der Waals surface area contributed by atoms with Crippen LogP contribution in [0.3, 0.4) is 0 Å². The fourth-order valence-electron chi connectivity index (χ4n) is 3.65. The Bertz CT molecular complexity index is 850. The molecular formula is C22H21N3O. The zero-order valence-electron chi connectivity index (χ0n) is 14.6. The van der Waals surface area contributed by atoms with E-state index in [1.165, 1.54) is 5.56 Å². The van der Waals surface area contributed by atoms with E-state index in [4.69, 9.17) is 11.8 Å². The van der Waals surface area contributed by atoms with Gasteiger partial charge in [-0.05, 0) is 61.8 Å². The third kappa shape index (κ3) is 4.49. The lowest BCUT2D eigenvalue weighted by Gasteiger charge is -2.28. The van der Waals surface area contributed by atoms with E-state index in [9.17, 15) is 4.79 Å². The minimum absolute atomic E-state index is 0.0353. The molecule has 1 amide bonds. The maximum absolute atomic E-state index is 12.3. The van der Waals surface area contributed by atoms with Crippen LogP contribution in [0.1, 0.15) is 49.1 Å². The van der Waals surface area contributed by atoms with Crippen molar-refractivity contribution in [3.8, 4) is 6.07 Å². The van der Waals surface area contributed by atoms with Gasteiger partial charge in [-0.3, -0.25) is 4.79 Å². The van der Waals surface area contributed by atoms with E-state index >= 15 is 0 Å². The van der Waals surface area contributed by atoms with Gasteiger partial charge in [0.05, 0.1) is 18.2 Å². The Morgan fingerprint density at radius 1 is 1.15 bits per heavy atom. The number of rotatable bonds is 4. The summed E-state index contributed by atoms with van der Waals surface area (Å²) in [4.78, 5) is 15.8. The monoisotopic (exact) mass is 343 g/mol. The predicted molar refractivity (Wildman–Crippen MR) is 102 cm³/mol. The zero-order chi connectivity index (χ0) is 18.4. The van der Waals surface area contributed by atoms with Crippen molar-refractivity contribution in [3.05, 3.63) is 71.1 Å². The predicted octanol–water partition coefficient (Wildman–Crippen LogP) is 5.41. The highest BCUT2D eigenvalue weighted by atomic mass is 16.1. The Hall–Kier alpha value is -3.11. The normalized spacial score (nSPS) is 19.2. The summed E-state index contributed by atoms with van der Waals surface area (Å²) in [5.41, 5.74) is 3.27. The van der Waals surface area contributed by atoms with Crippen LogP contribution < -0.4 is 5.32 Å². The molecule has 4 heteroatoms. The molecule has 0 heterocycles. The Morgan fingerprint density at radius 2 is 1.88 bits per heavy atom. The van der Waals surface area contributed by atoms with Crippen LogP contribution in [-0.2, 0) is 4.79 Å². The van der Waals surface area contributed by atoms with Crippen LogP contribution in [0.5, 0.6) is 0 Å². The second-order valence-corrected chi connectivity index (χ2v) is 6.87. The fraction of sp³-hybridized carbons (Fsp3) is 0.318. The molecule has 0 aromatic heterocycles. The first-order valence-corrected chi connectivity index (χ1v) is 8.95. The molecule has 3 rings (SSSR count). The van der Waals surface area contributed by atoms with Crippen LogP contribution in [0.25, 0.3) is 4.85 Å².